The largest absolute Gasteiger partial charge is 0.486 e. The van der Waals surface area contributed by atoms with Crippen LogP contribution in [0.1, 0.15) is 12.8 Å². The van der Waals surface area contributed by atoms with Crippen molar-refractivity contribution in [3.8, 4) is 11.5 Å². The fraction of sp³-hybridized carbons (Fsp3) is 0.429. The maximum absolute atomic E-state index is 12.1. The number of fused-ring (bicyclic) bond motifs is 1. The summed E-state index contributed by atoms with van der Waals surface area (Å²) in [5.74, 6) is -0.347. The second-order valence-corrected chi connectivity index (χ2v) is 4.85. The van der Waals surface area contributed by atoms with Gasteiger partial charge in [0.15, 0.2) is 17.6 Å². The van der Waals surface area contributed by atoms with Gasteiger partial charge in [0.25, 0.3) is 5.91 Å². The smallest absolute Gasteiger partial charge is 0.332 e. The van der Waals surface area contributed by atoms with Crippen LogP contribution in [0.3, 0.4) is 0 Å². The summed E-state index contributed by atoms with van der Waals surface area (Å²) in [5.41, 5.74) is 0.500. The highest BCUT2D eigenvalue weighted by Crippen LogP contribution is 2.37. The standard InChI is InChI=1S/C14H15NO6/c16-13(10-4-5-11(21-10)14(17)18)15-8-2-1-3-9-12(8)20-7-6-19-9/h1-3,10-11H,4-7H2,(H,15,16)(H,17,18)/t10-,11+/m0/s1. The highest BCUT2D eigenvalue weighted by atomic mass is 16.6. The van der Waals surface area contributed by atoms with Crippen LogP contribution in [-0.4, -0.2) is 42.4 Å². The van der Waals surface area contributed by atoms with Gasteiger partial charge in [-0.1, -0.05) is 6.07 Å². The lowest BCUT2D eigenvalue weighted by atomic mass is 10.2. The van der Waals surface area contributed by atoms with Crippen LogP contribution in [0.5, 0.6) is 11.5 Å². The number of carbonyl (C=O) groups excluding carboxylic acids is 1. The first kappa shape index (κ1) is 13.7. The highest BCUT2D eigenvalue weighted by molar-refractivity contribution is 5.96. The van der Waals surface area contributed by atoms with Crippen molar-refractivity contribution in [1.82, 2.24) is 0 Å². The Balaban J connectivity index is 1.70. The third kappa shape index (κ3) is 2.78. The van der Waals surface area contributed by atoms with E-state index in [9.17, 15) is 9.59 Å². The van der Waals surface area contributed by atoms with Crippen LogP contribution in [0.15, 0.2) is 18.2 Å². The predicted octanol–water partition coefficient (Wildman–Crippen LogP) is 1.03. The van der Waals surface area contributed by atoms with Gasteiger partial charge in [-0.05, 0) is 25.0 Å². The summed E-state index contributed by atoms with van der Waals surface area (Å²) >= 11 is 0. The Bertz CT molecular complexity index is 573. The first-order valence-corrected chi connectivity index (χ1v) is 6.73. The van der Waals surface area contributed by atoms with Crippen LogP contribution in [0.4, 0.5) is 5.69 Å². The molecular formula is C14H15NO6. The quantitative estimate of drug-likeness (QED) is 0.864. The van der Waals surface area contributed by atoms with Crippen LogP contribution in [0, 0.1) is 0 Å². The van der Waals surface area contributed by atoms with Gasteiger partial charge in [0, 0.05) is 0 Å². The van der Waals surface area contributed by atoms with Gasteiger partial charge < -0.3 is 24.6 Å². The summed E-state index contributed by atoms with van der Waals surface area (Å²) in [6.45, 7) is 0.886. The zero-order valence-corrected chi connectivity index (χ0v) is 11.2. The van der Waals surface area contributed by atoms with Gasteiger partial charge in [-0.25, -0.2) is 4.79 Å². The first-order chi connectivity index (χ1) is 10.1. The number of carboxylic acids is 1. The molecule has 3 rings (SSSR count). The van der Waals surface area contributed by atoms with Crippen molar-refractivity contribution in [1.29, 1.82) is 0 Å². The lowest BCUT2D eigenvalue weighted by molar-refractivity contribution is -0.150. The number of carboxylic acid groups (broad SMARTS) is 1. The summed E-state index contributed by atoms with van der Waals surface area (Å²) in [6, 6.07) is 5.21. The molecule has 7 heteroatoms. The van der Waals surface area contributed by atoms with Gasteiger partial charge in [-0.15, -0.1) is 0 Å². The topological polar surface area (TPSA) is 94.1 Å². The third-order valence-corrected chi connectivity index (χ3v) is 3.41. The third-order valence-electron chi connectivity index (χ3n) is 3.41. The van der Waals surface area contributed by atoms with Gasteiger partial charge in [0.2, 0.25) is 0 Å². The second kappa shape index (κ2) is 5.61. The summed E-state index contributed by atoms with van der Waals surface area (Å²) in [4.78, 5) is 23.0. The molecule has 0 radical (unpaired) electrons. The van der Waals surface area contributed by atoms with E-state index in [-0.39, 0.29) is 5.91 Å². The summed E-state index contributed by atoms with van der Waals surface area (Å²) in [5, 5.41) is 11.6. The molecule has 2 atom stereocenters. The Morgan fingerprint density at radius 3 is 2.67 bits per heavy atom. The lowest BCUT2D eigenvalue weighted by Gasteiger charge is -2.21. The Morgan fingerprint density at radius 1 is 1.14 bits per heavy atom. The van der Waals surface area contributed by atoms with Crippen LogP contribution in [-0.2, 0) is 14.3 Å². The molecular weight excluding hydrogens is 278 g/mol. The summed E-state index contributed by atoms with van der Waals surface area (Å²) in [6.07, 6.45) is -0.953. The molecule has 1 fully saturated rings. The van der Waals surface area contributed by atoms with Gasteiger partial charge in [0.05, 0.1) is 5.69 Å². The first-order valence-electron chi connectivity index (χ1n) is 6.73. The molecule has 1 aromatic carbocycles. The predicted molar refractivity (Wildman–Crippen MR) is 71.6 cm³/mol. The number of hydrogen-bond donors (Lipinski definition) is 2. The molecule has 2 aliphatic heterocycles. The molecule has 2 N–H and O–H groups in total. The summed E-state index contributed by atoms with van der Waals surface area (Å²) in [7, 11) is 0. The number of aliphatic carboxylic acids is 1. The minimum Gasteiger partial charge on any atom is -0.486 e. The minimum atomic E-state index is -1.04. The van der Waals surface area contributed by atoms with E-state index in [2.05, 4.69) is 5.32 Å². The molecule has 2 heterocycles. The van der Waals surface area contributed by atoms with Crippen molar-refractivity contribution in [3.05, 3.63) is 18.2 Å². The normalized spacial score (nSPS) is 23.6. The zero-order chi connectivity index (χ0) is 14.8. The maximum atomic E-state index is 12.1. The molecule has 7 nitrogen and oxygen atoms in total. The number of ether oxygens (including phenoxy) is 3. The van der Waals surface area contributed by atoms with Crippen LogP contribution < -0.4 is 14.8 Å². The van der Waals surface area contributed by atoms with Crippen LogP contribution in [0.25, 0.3) is 0 Å². The van der Waals surface area contributed by atoms with E-state index in [0.29, 0.717) is 43.2 Å². The molecule has 21 heavy (non-hydrogen) atoms. The van der Waals surface area contributed by atoms with E-state index in [1.54, 1.807) is 18.2 Å². The molecule has 0 aliphatic carbocycles. The van der Waals surface area contributed by atoms with Crippen molar-refractivity contribution in [3.63, 3.8) is 0 Å². The molecule has 2 aliphatic rings. The van der Waals surface area contributed by atoms with E-state index in [0.717, 1.165) is 0 Å². The van der Waals surface area contributed by atoms with Gasteiger partial charge in [0.1, 0.15) is 19.3 Å². The molecule has 112 valence electrons. The van der Waals surface area contributed by atoms with Crippen LogP contribution in [0.2, 0.25) is 0 Å². The minimum absolute atomic E-state index is 0.333. The maximum Gasteiger partial charge on any atom is 0.332 e. The van der Waals surface area contributed by atoms with E-state index >= 15 is 0 Å². The van der Waals surface area contributed by atoms with E-state index < -0.39 is 18.2 Å². The number of rotatable bonds is 3. The SMILES string of the molecule is O=C(Nc1cccc2c1OCCO2)[C@@H]1CC[C@H](C(=O)O)O1. The number of anilines is 1. The van der Waals surface area contributed by atoms with E-state index in [1.807, 2.05) is 0 Å². The van der Waals surface area contributed by atoms with Gasteiger partial charge in [-0.2, -0.15) is 0 Å². The van der Waals surface area contributed by atoms with Crippen molar-refractivity contribution in [2.75, 3.05) is 18.5 Å². The lowest BCUT2D eigenvalue weighted by Crippen LogP contribution is -2.30. The van der Waals surface area contributed by atoms with Crippen molar-refractivity contribution in [2.45, 2.75) is 25.0 Å². The number of amides is 1. The van der Waals surface area contributed by atoms with Crippen molar-refractivity contribution >= 4 is 17.6 Å². The number of carbonyl (C=O) groups is 2. The average molecular weight is 293 g/mol. The molecule has 1 amide bonds. The highest BCUT2D eigenvalue weighted by Gasteiger charge is 2.35. The van der Waals surface area contributed by atoms with Gasteiger partial charge in [-0.3, -0.25) is 4.79 Å². The van der Waals surface area contributed by atoms with Crippen LogP contribution >= 0.6 is 0 Å². The fourth-order valence-electron chi connectivity index (χ4n) is 2.40. The number of para-hydroxylation sites is 1. The Hall–Kier alpha value is -2.28. The number of nitrogens with one attached hydrogen (secondary N) is 1. The second-order valence-electron chi connectivity index (χ2n) is 4.85. The van der Waals surface area contributed by atoms with Gasteiger partial charge >= 0.3 is 5.97 Å². The molecule has 0 spiro atoms. The molecule has 0 saturated carbocycles. The molecule has 0 bridgehead atoms. The molecule has 1 saturated heterocycles. The summed E-state index contributed by atoms with van der Waals surface area (Å²) < 4.78 is 16.2. The number of hydrogen-bond acceptors (Lipinski definition) is 5. The monoisotopic (exact) mass is 293 g/mol. The number of benzene rings is 1. The van der Waals surface area contributed by atoms with E-state index in [1.165, 1.54) is 0 Å². The van der Waals surface area contributed by atoms with E-state index in [4.69, 9.17) is 19.3 Å². The van der Waals surface area contributed by atoms with Crippen molar-refractivity contribution < 1.29 is 28.9 Å². The van der Waals surface area contributed by atoms with Crippen molar-refractivity contribution in [2.24, 2.45) is 0 Å². The molecule has 1 aromatic rings. The Morgan fingerprint density at radius 2 is 1.90 bits per heavy atom. The Labute approximate surface area is 120 Å². The fourth-order valence-corrected chi connectivity index (χ4v) is 2.40. The zero-order valence-electron chi connectivity index (χ0n) is 11.2. The molecule has 0 aromatic heterocycles. The average Bonchev–Trinajstić information content (AvgIpc) is 2.98. The Kier molecular flexibility index (Phi) is 3.66. The molecule has 0 unspecified atom stereocenters.